The number of amides is 1. The van der Waals surface area contributed by atoms with E-state index >= 15 is 0 Å². The first kappa shape index (κ1) is 19.4. The minimum absolute atomic E-state index is 0.0866. The molecule has 1 N–H and O–H groups in total. The maximum atomic E-state index is 13.9. The monoisotopic (exact) mass is 408 g/mol. The van der Waals surface area contributed by atoms with Crippen molar-refractivity contribution in [2.75, 3.05) is 5.32 Å². The van der Waals surface area contributed by atoms with E-state index in [4.69, 9.17) is 16.0 Å². The van der Waals surface area contributed by atoms with E-state index in [1.165, 1.54) is 23.9 Å². The van der Waals surface area contributed by atoms with Gasteiger partial charge in [-0.2, -0.15) is 0 Å². The Balaban J connectivity index is 1.76. The van der Waals surface area contributed by atoms with Gasteiger partial charge in [-0.1, -0.05) is 23.4 Å². The van der Waals surface area contributed by atoms with Gasteiger partial charge in [-0.15, -0.1) is 10.2 Å². The van der Waals surface area contributed by atoms with Gasteiger partial charge in [0.2, 0.25) is 5.91 Å². The lowest BCUT2D eigenvalue weighted by Gasteiger charge is -2.13. The van der Waals surface area contributed by atoms with Gasteiger partial charge in [0, 0.05) is 11.6 Å². The van der Waals surface area contributed by atoms with Gasteiger partial charge in [0.1, 0.15) is 11.6 Å². The number of hydrogen-bond acceptors (Lipinski definition) is 5. The number of nitrogens with zero attached hydrogens (tertiary/aromatic N) is 3. The molecule has 1 amide bonds. The largest absolute Gasteiger partial charge is 0.469 e. The molecule has 0 bridgehead atoms. The fourth-order valence-corrected chi connectivity index (χ4v) is 3.59. The predicted molar refractivity (Wildman–Crippen MR) is 103 cm³/mol. The lowest BCUT2D eigenvalue weighted by molar-refractivity contribution is -0.115. The molecule has 2 heterocycles. The standard InChI is InChI=1S/C18H18ClFN4O2S/c1-4-24-16(13-7-8-26-10(13)2)22-23-18(24)27-11(3)17(25)21-15-6-5-12(19)9-14(15)20/h5-9,11H,4H2,1-3H3,(H,21,25)/t11-/m0/s1. The van der Waals surface area contributed by atoms with Crippen molar-refractivity contribution in [3.63, 3.8) is 0 Å². The van der Waals surface area contributed by atoms with Crippen molar-refractivity contribution >= 4 is 35.0 Å². The summed E-state index contributed by atoms with van der Waals surface area (Å²) in [4.78, 5) is 12.4. The lowest BCUT2D eigenvalue weighted by atomic mass is 10.2. The van der Waals surface area contributed by atoms with E-state index in [1.807, 2.05) is 24.5 Å². The number of rotatable bonds is 6. The number of thioether (sulfide) groups is 1. The summed E-state index contributed by atoms with van der Waals surface area (Å²) in [7, 11) is 0. The highest BCUT2D eigenvalue weighted by molar-refractivity contribution is 8.00. The Bertz CT molecular complexity index is 972. The van der Waals surface area contributed by atoms with Crippen LogP contribution >= 0.6 is 23.4 Å². The zero-order valence-electron chi connectivity index (χ0n) is 15.0. The quantitative estimate of drug-likeness (QED) is 0.594. The van der Waals surface area contributed by atoms with Crippen LogP contribution in [0.2, 0.25) is 5.02 Å². The summed E-state index contributed by atoms with van der Waals surface area (Å²) in [5.74, 6) is 0.510. The summed E-state index contributed by atoms with van der Waals surface area (Å²) in [6, 6.07) is 5.94. The van der Waals surface area contributed by atoms with Gasteiger partial charge in [0.25, 0.3) is 0 Å². The van der Waals surface area contributed by atoms with Crippen molar-refractivity contribution in [2.24, 2.45) is 0 Å². The summed E-state index contributed by atoms with van der Waals surface area (Å²) in [5, 5.41) is 11.4. The predicted octanol–water partition coefficient (Wildman–Crippen LogP) is 4.78. The molecule has 1 atom stereocenters. The fourth-order valence-electron chi connectivity index (χ4n) is 2.51. The van der Waals surface area contributed by atoms with Gasteiger partial charge in [-0.05, 0) is 45.0 Å². The zero-order chi connectivity index (χ0) is 19.6. The third-order valence-corrected chi connectivity index (χ3v) is 5.29. The van der Waals surface area contributed by atoms with Crippen LogP contribution < -0.4 is 5.32 Å². The molecule has 0 aliphatic heterocycles. The van der Waals surface area contributed by atoms with Crippen molar-refractivity contribution in [3.05, 3.63) is 47.1 Å². The molecule has 0 spiro atoms. The SMILES string of the molecule is CCn1c(S[C@@H](C)C(=O)Nc2ccc(Cl)cc2F)nnc1-c1ccoc1C. The van der Waals surface area contributed by atoms with Gasteiger partial charge in [-0.25, -0.2) is 4.39 Å². The Morgan fingerprint density at radius 2 is 2.19 bits per heavy atom. The first-order chi connectivity index (χ1) is 12.9. The van der Waals surface area contributed by atoms with Crippen LogP contribution in [0.5, 0.6) is 0 Å². The Hall–Kier alpha value is -2.32. The van der Waals surface area contributed by atoms with Crippen LogP contribution in [0.25, 0.3) is 11.4 Å². The van der Waals surface area contributed by atoms with Gasteiger partial charge in [0.05, 0.1) is 22.8 Å². The minimum Gasteiger partial charge on any atom is -0.469 e. The van der Waals surface area contributed by atoms with Gasteiger partial charge in [-0.3, -0.25) is 4.79 Å². The molecule has 27 heavy (non-hydrogen) atoms. The van der Waals surface area contributed by atoms with E-state index in [0.29, 0.717) is 17.5 Å². The number of carbonyl (C=O) groups excluding carboxylic acids is 1. The molecule has 3 rings (SSSR count). The number of furan rings is 1. The summed E-state index contributed by atoms with van der Waals surface area (Å²) < 4.78 is 21.1. The molecule has 0 aliphatic carbocycles. The second-order valence-corrected chi connectivity index (χ2v) is 7.56. The number of hydrogen-bond donors (Lipinski definition) is 1. The molecule has 9 heteroatoms. The van der Waals surface area contributed by atoms with Crippen LogP contribution in [0, 0.1) is 12.7 Å². The zero-order valence-corrected chi connectivity index (χ0v) is 16.6. The number of carbonyl (C=O) groups is 1. The van der Waals surface area contributed by atoms with E-state index in [9.17, 15) is 9.18 Å². The van der Waals surface area contributed by atoms with Crippen molar-refractivity contribution in [1.82, 2.24) is 14.8 Å². The van der Waals surface area contributed by atoms with Crippen molar-refractivity contribution in [1.29, 1.82) is 0 Å². The summed E-state index contributed by atoms with van der Waals surface area (Å²) in [6.07, 6.45) is 1.60. The van der Waals surface area contributed by atoms with Crippen LogP contribution in [0.4, 0.5) is 10.1 Å². The highest BCUT2D eigenvalue weighted by Crippen LogP contribution is 2.29. The number of halogens is 2. The summed E-state index contributed by atoms with van der Waals surface area (Å²) in [5.41, 5.74) is 0.944. The van der Waals surface area contributed by atoms with Crippen LogP contribution in [-0.4, -0.2) is 25.9 Å². The summed E-state index contributed by atoms with van der Waals surface area (Å²) in [6.45, 7) is 6.19. The first-order valence-corrected chi connectivity index (χ1v) is 9.56. The third-order valence-electron chi connectivity index (χ3n) is 3.97. The maximum absolute atomic E-state index is 13.9. The topological polar surface area (TPSA) is 73.0 Å². The van der Waals surface area contributed by atoms with Gasteiger partial charge in [0.15, 0.2) is 11.0 Å². The molecule has 0 aliphatic rings. The molecule has 0 radical (unpaired) electrons. The number of aryl methyl sites for hydroxylation is 1. The highest BCUT2D eigenvalue weighted by atomic mass is 35.5. The first-order valence-electron chi connectivity index (χ1n) is 8.31. The van der Waals surface area contributed by atoms with Crippen LogP contribution in [0.3, 0.4) is 0 Å². The smallest absolute Gasteiger partial charge is 0.237 e. The van der Waals surface area contributed by atoms with E-state index in [2.05, 4.69) is 15.5 Å². The Morgan fingerprint density at radius 1 is 1.41 bits per heavy atom. The van der Waals surface area contributed by atoms with E-state index in [1.54, 1.807) is 13.2 Å². The molecule has 142 valence electrons. The maximum Gasteiger partial charge on any atom is 0.237 e. The number of anilines is 1. The molecule has 0 saturated carbocycles. The molecule has 3 aromatic rings. The van der Waals surface area contributed by atoms with Gasteiger partial charge >= 0.3 is 0 Å². The van der Waals surface area contributed by atoms with Crippen molar-refractivity contribution in [2.45, 2.75) is 37.7 Å². The van der Waals surface area contributed by atoms with Crippen LogP contribution in [-0.2, 0) is 11.3 Å². The number of nitrogens with one attached hydrogen (secondary N) is 1. The van der Waals surface area contributed by atoms with E-state index < -0.39 is 11.1 Å². The van der Waals surface area contributed by atoms with E-state index in [0.717, 1.165) is 17.4 Å². The molecule has 2 aromatic heterocycles. The average Bonchev–Trinajstić information content (AvgIpc) is 3.22. The normalized spacial score (nSPS) is 12.2. The minimum atomic E-state index is -0.581. The Morgan fingerprint density at radius 3 is 2.81 bits per heavy atom. The Kier molecular flexibility index (Phi) is 5.86. The van der Waals surface area contributed by atoms with Crippen molar-refractivity contribution in [3.8, 4) is 11.4 Å². The fraction of sp³-hybridized carbons (Fsp3) is 0.278. The second-order valence-electron chi connectivity index (χ2n) is 5.81. The number of benzene rings is 1. The molecule has 0 unspecified atom stereocenters. The molecular formula is C18H18ClFN4O2S. The lowest BCUT2D eigenvalue weighted by Crippen LogP contribution is -2.23. The highest BCUT2D eigenvalue weighted by Gasteiger charge is 2.22. The average molecular weight is 409 g/mol. The third kappa shape index (κ3) is 4.17. The second kappa shape index (κ2) is 8.14. The molecule has 1 aromatic carbocycles. The summed E-state index contributed by atoms with van der Waals surface area (Å²) >= 11 is 6.98. The van der Waals surface area contributed by atoms with Crippen LogP contribution in [0.15, 0.2) is 40.1 Å². The molecule has 0 fully saturated rings. The van der Waals surface area contributed by atoms with Crippen LogP contribution in [0.1, 0.15) is 19.6 Å². The Labute approximate surface area is 165 Å². The van der Waals surface area contributed by atoms with Crippen molar-refractivity contribution < 1.29 is 13.6 Å². The van der Waals surface area contributed by atoms with E-state index in [-0.39, 0.29) is 16.6 Å². The molecular weight excluding hydrogens is 391 g/mol. The molecule has 6 nitrogen and oxygen atoms in total. The van der Waals surface area contributed by atoms with Gasteiger partial charge < -0.3 is 14.3 Å². The number of aromatic nitrogens is 3. The molecule has 0 saturated heterocycles.